The first kappa shape index (κ1) is 14.7. The third-order valence-electron chi connectivity index (χ3n) is 3.19. The standard InChI is InChI=1S/C17H19NOS/c1-12-4-5-13(2)16(10-12)18-17(19)11-14-6-8-15(20-3)9-7-14/h4-10H,11H2,1-3H3,(H,18,19). The van der Waals surface area contributed by atoms with Crippen molar-refractivity contribution < 1.29 is 4.79 Å². The van der Waals surface area contributed by atoms with Crippen molar-refractivity contribution in [2.45, 2.75) is 25.2 Å². The van der Waals surface area contributed by atoms with Crippen LogP contribution in [0.25, 0.3) is 0 Å². The second-order valence-corrected chi connectivity index (χ2v) is 5.77. The molecule has 0 aliphatic heterocycles. The summed E-state index contributed by atoms with van der Waals surface area (Å²) in [5.41, 5.74) is 4.17. The second kappa shape index (κ2) is 6.62. The van der Waals surface area contributed by atoms with Gasteiger partial charge in [0.2, 0.25) is 5.91 Å². The lowest BCUT2D eigenvalue weighted by Crippen LogP contribution is -2.15. The number of carbonyl (C=O) groups excluding carboxylic acids is 1. The summed E-state index contributed by atoms with van der Waals surface area (Å²) in [6.45, 7) is 4.03. The molecule has 2 aromatic rings. The smallest absolute Gasteiger partial charge is 0.228 e. The number of carbonyl (C=O) groups is 1. The van der Waals surface area contributed by atoms with Gasteiger partial charge in [0.15, 0.2) is 0 Å². The van der Waals surface area contributed by atoms with Gasteiger partial charge in [-0.25, -0.2) is 0 Å². The highest BCUT2D eigenvalue weighted by atomic mass is 32.2. The molecule has 2 aromatic carbocycles. The van der Waals surface area contributed by atoms with Gasteiger partial charge >= 0.3 is 0 Å². The van der Waals surface area contributed by atoms with Crippen LogP contribution in [-0.4, -0.2) is 12.2 Å². The van der Waals surface area contributed by atoms with Gasteiger partial charge in [0.25, 0.3) is 0 Å². The van der Waals surface area contributed by atoms with E-state index in [1.54, 1.807) is 11.8 Å². The van der Waals surface area contributed by atoms with Gasteiger partial charge in [0.05, 0.1) is 6.42 Å². The van der Waals surface area contributed by atoms with Gasteiger partial charge < -0.3 is 5.32 Å². The van der Waals surface area contributed by atoms with E-state index in [1.165, 1.54) is 4.90 Å². The van der Waals surface area contributed by atoms with E-state index in [0.717, 1.165) is 22.4 Å². The minimum Gasteiger partial charge on any atom is -0.326 e. The lowest BCUT2D eigenvalue weighted by Gasteiger charge is -2.09. The average molecular weight is 285 g/mol. The first-order valence-corrected chi connectivity index (χ1v) is 7.81. The SMILES string of the molecule is CSc1ccc(CC(=O)Nc2cc(C)ccc2C)cc1. The molecule has 2 nitrogen and oxygen atoms in total. The van der Waals surface area contributed by atoms with E-state index in [4.69, 9.17) is 0 Å². The molecular formula is C17H19NOS. The van der Waals surface area contributed by atoms with Crippen LogP contribution in [0.5, 0.6) is 0 Å². The molecule has 0 aromatic heterocycles. The first-order valence-electron chi connectivity index (χ1n) is 6.58. The Morgan fingerprint density at radius 2 is 1.80 bits per heavy atom. The van der Waals surface area contributed by atoms with Crippen LogP contribution in [-0.2, 0) is 11.2 Å². The van der Waals surface area contributed by atoms with Gasteiger partial charge in [0.1, 0.15) is 0 Å². The van der Waals surface area contributed by atoms with Crippen molar-refractivity contribution in [3.8, 4) is 0 Å². The van der Waals surface area contributed by atoms with Crippen molar-refractivity contribution in [2.24, 2.45) is 0 Å². The number of rotatable bonds is 4. The molecule has 0 fully saturated rings. The Balaban J connectivity index is 2.03. The molecule has 0 heterocycles. The van der Waals surface area contributed by atoms with Crippen LogP contribution in [0.2, 0.25) is 0 Å². The lowest BCUT2D eigenvalue weighted by atomic mass is 10.1. The van der Waals surface area contributed by atoms with Crippen molar-refractivity contribution >= 4 is 23.4 Å². The van der Waals surface area contributed by atoms with Gasteiger partial charge in [0, 0.05) is 10.6 Å². The van der Waals surface area contributed by atoms with Crippen LogP contribution in [0.4, 0.5) is 5.69 Å². The van der Waals surface area contributed by atoms with Crippen LogP contribution in [0.3, 0.4) is 0 Å². The first-order chi connectivity index (χ1) is 9.58. The van der Waals surface area contributed by atoms with Gasteiger partial charge in [-0.1, -0.05) is 24.3 Å². The minimum atomic E-state index is 0.0237. The van der Waals surface area contributed by atoms with Gasteiger partial charge in [-0.05, 0) is 55.0 Å². The molecular weight excluding hydrogens is 266 g/mol. The predicted molar refractivity (Wildman–Crippen MR) is 86.5 cm³/mol. The number of anilines is 1. The molecule has 0 saturated carbocycles. The average Bonchev–Trinajstić information content (AvgIpc) is 2.43. The maximum atomic E-state index is 12.1. The van der Waals surface area contributed by atoms with Gasteiger partial charge in [-0.2, -0.15) is 0 Å². The number of benzene rings is 2. The molecule has 0 saturated heterocycles. The zero-order chi connectivity index (χ0) is 14.5. The number of aryl methyl sites for hydroxylation is 2. The van der Waals surface area contributed by atoms with Crippen LogP contribution in [0, 0.1) is 13.8 Å². The molecule has 0 aliphatic rings. The quantitative estimate of drug-likeness (QED) is 0.853. The molecule has 0 aliphatic carbocycles. The Morgan fingerprint density at radius 1 is 1.10 bits per heavy atom. The monoisotopic (exact) mass is 285 g/mol. The van der Waals surface area contributed by atoms with Crippen LogP contribution >= 0.6 is 11.8 Å². The molecule has 20 heavy (non-hydrogen) atoms. The zero-order valence-electron chi connectivity index (χ0n) is 12.1. The van der Waals surface area contributed by atoms with Crippen molar-refractivity contribution in [1.29, 1.82) is 0 Å². The summed E-state index contributed by atoms with van der Waals surface area (Å²) in [7, 11) is 0. The topological polar surface area (TPSA) is 29.1 Å². The number of amides is 1. The Labute approximate surface area is 124 Å². The van der Waals surface area contributed by atoms with Gasteiger partial charge in [-0.15, -0.1) is 11.8 Å². The van der Waals surface area contributed by atoms with Crippen molar-refractivity contribution in [3.63, 3.8) is 0 Å². The van der Waals surface area contributed by atoms with E-state index in [-0.39, 0.29) is 5.91 Å². The molecule has 0 atom stereocenters. The largest absolute Gasteiger partial charge is 0.326 e. The van der Waals surface area contributed by atoms with E-state index in [1.807, 2.05) is 62.6 Å². The van der Waals surface area contributed by atoms with Crippen LogP contribution in [0.1, 0.15) is 16.7 Å². The Morgan fingerprint density at radius 3 is 2.45 bits per heavy atom. The number of nitrogens with one attached hydrogen (secondary N) is 1. The van der Waals surface area contributed by atoms with E-state index in [2.05, 4.69) is 5.32 Å². The van der Waals surface area contributed by atoms with E-state index in [9.17, 15) is 4.79 Å². The Hall–Kier alpha value is -1.74. The molecule has 3 heteroatoms. The molecule has 1 N–H and O–H groups in total. The lowest BCUT2D eigenvalue weighted by molar-refractivity contribution is -0.115. The third-order valence-corrected chi connectivity index (χ3v) is 3.93. The number of hydrogen-bond donors (Lipinski definition) is 1. The highest BCUT2D eigenvalue weighted by molar-refractivity contribution is 7.98. The molecule has 2 rings (SSSR count). The normalized spacial score (nSPS) is 10.3. The summed E-state index contributed by atoms with van der Waals surface area (Å²) in [6.07, 6.45) is 2.45. The molecule has 0 bridgehead atoms. The van der Waals surface area contributed by atoms with Crippen LogP contribution in [0.15, 0.2) is 47.4 Å². The third kappa shape index (κ3) is 3.87. The van der Waals surface area contributed by atoms with Crippen molar-refractivity contribution in [3.05, 3.63) is 59.2 Å². The summed E-state index contributed by atoms with van der Waals surface area (Å²) < 4.78 is 0. The highest BCUT2D eigenvalue weighted by Crippen LogP contribution is 2.18. The van der Waals surface area contributed by atoms with E-state index >= 15 is 0 Å². The molecule has 0 spiro atoms. The summed E-state index contributed by atoms with van der Waals surface area (Å²) in [5, 5.41) is 2.98. The summed E-state index contributed by atoms with van der Waals surface area (Å²) in [4.78, 5) is 13.3. The summed E-state index contributed by atoms with van der Waals surface area (Å²) in [6, 6.07) is 14.2. The number of thioether (sulfide) groups is 1. The van der Waals surface area contributed by atoms with E-state index in [0.29, 0.717) is 6.42 Å². The maximum absolute atomic E-state index is 12.1. The molecule has 104 valence electrons. The van der Waals surface area contributed by atoms with Crippen LogP contribution < -0.4 is 5.32 Å². The summed E-state index contributed by atoms with van der Waals surface area (Å²) >= 11 is 1.70. The second-order valence-electron chi connectivity index (χ2n) is 4.89. The fourth-order valence-corrected chi connectivity index (χ4v) is 2.40. The zero-order valence-corrected chi connectivity index (χ0v) is 12.9. The molecule has 0 unspecified atom stereocenters. The molecule has 1 amide bonds. The highest BCUT2D eigenvalue weighted by Gasteiger charge is 2.06. The Bertz CT molecular complexity index is 605. The van der Waals surface area contributed by atoms with Crippen molar-refractivity contribution in [2.75, 3.05) is 11.6 Å². The summed E-state index contributed by atoms with van der Waals surface area (Å²) in [5.74, 6) is 0.0237. The molecule has 0 radical (unpaired) electrons. The minimum absolute atomic E-state index is 0.0237. The fraction of sp³-hybridized carbons (Fsp3) is 0.235. The predicted octanol–water partition coefficient (Wildman–Crippen LogP) is 4.21. The van der Waals surface area contributed by atoms with Gasteiger partial charge in [-0.3, -0.25) is 4.79 Å². The fourth-order valence-electron chi connectivity index (χ4n) is 1.99. The van der Waals surface area contributed by atoms with E-state index < -0.39 is 0 Å². The van der Waals surface area contributed by atoms with Crippen molar-refractivity contribution in [1.82, 2.24) is 0 Å². The maximum Gasteiger partial charge on any atom is 0.228 e. The number of hydrogen-bond acceptors (Lipinski definition) is 2. The Kier molecular flexibility index (Phi) is 4.85.